The van der Waals surface area contributed by atoms with Gasteiger partial charge < -0.3 is 79.6 Å². The van der Waals surface area contributed by atoms with Gasteiger partial charge in [0.15, 0.2) is 15.6 Å². The molecule has 39 nitrogen and oxygen atoms in total. The SMILES string of the molecule is C.CC.CNC(=O)Nc1ccc2c(O)c(N=Nc3ccc(N=Nc4ccc(S(C)(=O)=O)cc4)cc3[S-](=O)=O)c(S(=O)(=O)[O-])cc2c1.CNC(=O)Nc1ccc2c(O)c(N=Nc3ccccc3)c([S-](=O)=O)cc2c1.CNC(=O)Nc1ccc2cc(N=Nc3ccc(N=Nc4ccccc4)cc3)ccc2c1.CO.CS(=O)(=O)O.CS(=O)(=O)O.[Na+].[Na+].[Na+].[OH-].[OH-]. The Balaban J connectivity index is 0. The number of rotatable bonds is 17. The molecular weight excluding hydrogens is 1730 g/mol. The van der Waals surface area contributed by atoms with Crippen LogP contribution < -0.4 is 121 Å². The van der Waals surface area contributed by atoms with Gasteiger partial charge in [-0.2, -0.15) is 57.7 Å². The first-order chi connectivity index (χ1) is 54.3. The van der Waals surface area contributed by atoms with Gasteiger partial charge in [-0.1, -0.05) is 80.8 Å². The fourth-order valence-corrected chi connectivity index (χ4v) is 11.3. The van der Waals surface area contributed by atoms with E-state index in [1.165, 1.54) is 74.8 Å². The van der Waals surface area contributed by atoms with Crippen LogP contribution in [0.4, 0.5) is 88.3 Å². The van der Waals surface area contributed by atoms with E-state index in [1.54, 1.807) is 49.5 Å². The Morgan fingerprint density at radius 1 is 0.372 bits per heavy atom. The molecule has 0 aliphatic carbocycles. The second-order valence-corrected chi connectivity index (χ2v) is 30.5. The number of phenolic OH excluding ortho intramolecular Hbond substituents is 2. The van der Waals surface area contributed by atoms with E-state index in [4.69, 9.17) is 14.2 Å². The number of aromatic hydroxyl groups is 2. The number of phenols is 2. The summed E-state index contributed by atoms with van der Waals surface area (Å²) in [6.07, 6.45) is 2.48. The molecule has 0 unspecified atom stereocenters. The van der Waals surface area contributed by atoms with Crippen molar-refractivity contribution in [1.82, 2.24) is 16.0 Å². The number of hydrogen-bond acceptors (Lipinski definition) is 33. The van der Waals surface area contributed by atoms with Gasteiger partial charge in [0.1, 0.15) is 27.2 Å². The standard InChI is InChI=1S/C25H21N6O9S3.C24H20N6O.C18H15N4O4S.C2H6.2CH4O3S.CH4O.CH4.3Na.2H2O/c1-26-25(33)27-16-5-9-19-14(11-16)12-22(43(38,39)40)23(24(19)32)31-30-20-10-6-17(13-21(20)41(34)35)29-28-15-3-7-18(8-4-15)42(2,36)37;1-25-24(31)26-22-9-7-18-16-23(10-8-17(18)15-22)30-29-21-13-11-20(12-14-21)28-27-19-5-3-2-4-6-19;1-19-18(24)20-13-7-8-14-11(9-13)10-15(27(25)26)16(17(14)23)22-21-12-5-3-2-4-6-12;1-2;2*1-5(2,3)4;1-2;;;;;;/h3-13,32H,1-2H3,(H2,26,27,33)(H,38,39,40);2-16H,1H3,(H2,25,26,31);2-10,23H,1H3,(H2,19,20,24);1-2H3;2*1H3,(H,2,3,4);2H,1H3;1H4;;;;2*1H2/q-1;;-1;;;;;;3*+1;;/p-3. The predicted molar refractivity (Wildman–Crippen MR) is 443 cm³/mol. The van der Waals surface area contributed by atoms with Crippen LogP contribution in [0, 0.1) is 0 Å². The molecule has 0 atom stereocenters. The quantitative estimate of drug-likeness (QED) is 0.0179. The molecule has 0 saturated heterocycles. The topological polar surface area (TPSA) is 636 Å². The number of carbonyl (C=O) groups excluding carboxylic acids is 3. The second-order valence-electron chi connectivity index (χ2n) is 22.4. The number of nitrogens with zero attached hydrogens (tertiary/aromatic N) is 10. The number of hydrogen-bond donors (Lipinski definition) is 11. The van der Waals surface area contributed by atoms with Gasteiger partial charge in [0.2, 0.25) is 0 Å². The summed E-state index contributed by atoms with van der Waals surface area (Å²) in [4.78, 5) is 33.0. The fraction of sp³-hybridized carbons (Fsp3) is 0.137. The number of aliphatic hydroxyl groups is 1. The second kappa shape index (κ2) is 54.5. The maximum absolute atomic E-state index is 12.0. The summed E-state index contributed by atoms with van der Waals surface area (Å²) in [5.41, 5.74) is 4.16. The molecule has 11 aromatic rings. The molecule has 0 spiro atoms. The zero-order valence-corrected chi connectivity index (χ0v) is 76.7. The zero-order valence-electron chi connectivity index (χ0n) is 65.8. The zero-order chi connectivity index (χ0) is 85.4. The summed E-state index contributed by atoms with van der Waals surface area (Å²) in [6.45, 7) is 4.00. The van der Waals surface area contributed by atoms with Gasteiger partial charge in [-0.25, -0.2) is 31.2 Å². The van der Waals surface area contributed by atoms with Crippen LogP contribution in [0.1, 0.15) is 21.3 Å². The van der Waals surface area contributed by atoms with Crippen LogP contribution in [-0.2, 0) is 78.4 Å². The normalized spacial score (nSPS) is 10.8. The van der Waals surface area contributed by atoms with Crippen molar-refractivity contribution in [3.63, 3.8) is 0 Å². The first-order valence-corrected chi connectivity index (χ1v) is 41.8. The van der Waals surface area contributed by atoms with Gasteiger partial charge in [-0.3, -0.25) is 9.11 Å². The number of sulfone groups is 1. The van der Waals surface area contributed by atoms with E-state index in [0.717, 1.165) is 64.7 Å². The van der Waals surface area contributed by atoms with Crippen molar-refractivity contribution in [3.8, 4) is 11.5 Å². The molecule has 0 heterocycles. The van der Waals surface area contributed by atoms with E-state index in [9.17, 15) is 79.7 Å². The van der Waals surface area contributed by atoms with Crippen molar-refractivity contribution in [2.24, 2.45) is 51.1 Å². The van der Waals surface area contributed by atoms with Crippen molar-refractivity contribution in [2.45, 2.75) is 40.9 Å². The number of nitrogens with one attached hydrogen (secondary N) is 6. The number of carbonyl (C=O) groups is 3. The average Bonchev–Trinajstić information content (AvgIpc) is 0.764. The Labute approximate surface area is 766 Å². The Kier molecular flexibility index (Phi) is 50.9. The molecule has 0 aromatic heterocycles. The largest absolute Gasteiger partial charge is 1.00 e. The number of benzene rings is 11. The van der Waals surface area contributed by atoms with Crippen LogP contribution >= 0.6 is 0 Å². The summed E-state index contributed by atoms with van der Waals surface area (Å²) in [6, 6.07) is 56.2. The summed E-state index contributed by atoms with van der Waals surface area (Å²) >= 11 is 0. The van der Waals surface area contributed by atoms with E-state index in [1.807, 2.05) is 111 Å². The van der Waals surface area contributed by atoms with Gasteiger partial charge in [-0.05, 0) is 206 Å². The van der Waals surface area contributed by atoms with E-state index in [-0.39, 0.29) is 168 Å². The number of fused-ring (bicyclic) bond motifs is 3. The van der Waals surface area contributed by atoms with Gasteiger partial charge in [-0.15, -0.1) is 10.2 Å². The fourth-order valence-electron chi connectivity index (χ4n) is 9.00. The molecule has 0 aliphatic heterocycles. The number of azo groups is 5. The van der Waals surface area contributed by atoms with Crippen LogP contribution in [0.3, 0.4) is 0 Å². The summed E-state index contributed by atoms with van der Waals surface area (Å²) in [7, 11) is -16.0. The predicted octanol–water partition coefficient (Wildman–Crippen LogP) is 7.84. The van der Waals surface area contributed by atoms with E-state index < -0.39 is 94.9 Å². The van der Waals surface area contributed by atoms with Gasteiger partial charge in [0.05, 0.1) is 67.8 Å². The number of amides is 6. The Morgan fingerprint density at radius 2 is 0.678 bits per heavy atom. The third-order valence-corrected chi connectivity index (χ3v) is 17.3. The number of aliphatic hydroxyl groups excluding tert-OH is 1. The van der Waals surface area contributed by atoms with Crippen molar-refractivity contribution in [3.05, 3.63) is 212 Å². The molecule has 0 bridgehead atoms. The molecule has 6 amide bonds. The summed E-state index contributed by atoms with van der Waals surface area (Å²) in [5.74, 6) is -1.03. The molecule has 630 valence electrons. The molecular formula is C73H79N16Na3O23S6-2. The maximum Gasteiger partial charge on any atom is 1.00 e. The minimum absolute atomic E-state index is 0. The molecule has 11 aromatic carbocycles. The first kappa shape index (κ1) is 113. The maximum atomic E-state index is 12.0. The Bertz CT molecular complexity index is 6070. The molecule has 121 heavy (non-hydrogen) atoms. The Hall–Kier alpha value is -9.93. The molecule has 0 aliphatic rings. The van der Waals surface area contributed by atoms with Gasteiger partial charge in [0.25, 0.3) is 20.2 Å². The molecule has 0 radical (unpaired) electrons. The third-order valence-electron chi connectivity index (χ3n) is 13.9. The minimum atomic E-state index is -5.22. The molecule has 11 rings (SSSR count). The van der Waals surface area contributed by atoms with Gasteiger partial charge in [0, 0.05) is 62.3 Å². The molecule has 13 N–H and O–H groups in total. The number of anilines is 3. The monoisotopic (exact) mass is 1810 g/mol. The van der Waals surface area contributed by atoms with Crippen LogP contribution in [-0.4, -0.2) is 139 Å². The number of urea groups is 3. The third kappa shape index (κ3) is 38.8. The smallest absolute Gasteiger partial charge is 0.870 e. The van der Waals surface area contributed by atoms with Crippen molar-refractivity contribution >= 4 is 186 Å². The van der Waals surface area contributed by atoms with Crippen molar-refractivity contribution in [1.29, 1.82) is 0 Å². The first-order valence-electron chi connectivity index (χ1n) is 32.6. The van der Waals surface area contributed by atoms with Crippen LogP contribution in [0.25, 0.3) is 32.3 Å². The minimum Gasteiger partial charge on any atom is -0.870 e. The van der Waals surface area contributed by atoms with Crippen molar-refractivity contribution < 1.29 is 193 Å². The summed E-state index contributed by atoms with van der Waals surface area (Å²) < 4.78 is 158. The van der Waals surface area contributed by atoms with Crippen LogP contribution in [0.5, 0.6) is 11.5 Å². The molecule has 0 fully saturated rings. The van der Waals surface area contributed by atoms with Crippen molar-refractivity contribution in [2.75, 3.05) is 63.0 Å². The molecule has 48 heteroatoms. The van der Waals surface area contributed by atoms with E-state index in [2.05, 4.69) is 83.0 Å². The van der Waals surface area contributed by atoms with E-state index in [0.29, 0.717) is 34.7 Å². The van der Waals surface area contributed by atoms with Crippen LogP contribution in [0.15, 0.2) is 283 Å². The van der Waals surface area contributed by atoms with E-state index >= 15 is 0 Å². The summed E-state index contributed by atoms with van der Waals surface area (Å²) in [5, 5.41) is 86.8. The van der Waals surface area contributed by atoms with Crippen LogP contribution in [0.2, 0.25) is 0 Å². The average molecular weight is 1810 g/mol. The molecule has 0 saturated carbocycles. The van der Waals surface area contributed by atoms with Gasteiger partial charge >= 0.3 is 107 Å². The Morgan fingerprint density at radius 3 is 1.07 bits per heavy atom.